The molecule has 0 aromatic heterocycles. The first-order chi connectivity index (χ1) is 10.9. The monoisotopic (exact) mass is 370 g/mol. The molecule has 2 aromatic rings. The molecule has 0 heterocycles. The third kappa shape index (κ3) is 4.61. The summed E-state index contributed by atoms with van der Waals surface area (Å²) in [6.07, 6.45) is 0. The van der Waals surface area contributed by atoms with Crippen LogP contribution in [0.1, 0.15) is 24.1 Å². The quantitative estimate of drug-likeness (QED) is 0.754. The molecule has 0 bridgehead atoms. The lowest BCUT2D eigenvalue weighted by Gasteiger charge is -2.16. The molecule has 0 fully saturated rings. The summed E-state index contributed by atoms with van der Waals surface area (Å²) < 4.78 is 0. The highest BCUT2D eigenvalue weighted by Crippen LogP contribution is 2.32. The number of anilines is 1. The van der Waals surface area contributed by atoms with E-state index in [4.69, 9.17) is 34.8 Å². The second-order valence-corrected chi connectivity index (χ2v) is 6.42. The van der Waals surface area contributed by atoms with Crippen molar-refractivity contribution < 1.29 is 4.79 Å². The van der Waals surface area contributed by atoms with Gasteiger partial charge >= 0.3 is 0 Å². The molecular formula is C17H17Cl3N2O. The fraction of sp³-hybridized carbons (Fsp3) is 0.235. The molecule has 0 aliphatic carbocycles. The molecule has 0 spiro atoms. The standard InChI is InChI=1S/C17H17Cl3N2O/c1-10-7-8-14(19)17(16(10)20)22-15(23)9-21-11(2)12-5-3-4-6-13(12)18/h3-8,11,21H,9H2,1-2H3,(H,22,23)/t11-/m1/s1. The SMILES string of the molecule is Cc1ccc(Cl)c(NC(=O)CN[C@H](C)c2ccccc2Cl)c1Cl. The van der Waals surface area contributed by atoms with Crippen molar-refractivity contribution in [3.05, 3.63) is 62.6 Å². The zero-order valence-corrected chi connectivity index (χ0v) is 15.1. The summed E-state index contributed by atoms with van der Waals surface area (Å²) in [7, 11) is 0. The van der Waals surface area contributed by atoms with Crippen LogP contribution >= 0.6 is 34.8 Å². The first-order valence-corrected chi connectivity index (χ1v) is 8.25. The van der Waals surface area contributed by atoms with Gasteiger partial charge in [-0.05, 0) is 37.1 Å². The number of hydrogen-bond donors (Lipinski definition) is 2. The maximum absolute atomic E-state index is 12.1. The van der Waals surface area contributed by atoms with Gasteiger partial charge in [-0.15, -0.1) is 0 Å². The molecule has 2 aromatic carbocycles. The predicted molar refractivity (Wildman–Crippen MR) is 97.7 cm³/mol. The molecule has 0 unspecified atom stereocenters. The average Bonchev–Trinajstić information content (AvgIpc) is 2.53. The van der Waals surface area contributed by atoms with Gasteiger partial charge in [0.25, 0.3) is 0 Å². The Morgan fingerprint density at radius 1 is 1.09 bits per heavy atom. The molecule has 0 saturated carbocycles. The zero-order chi connectivity index (χ0) is 17.0. The fourth-order valence-electron chi connectivity index (χ4n) is 2.14. The van der Waals surface area contributed by atoms with Crippen molar-refractivity contribution in [2.24, 2.45) is 0 Å². The first-order valence-electron chi connectivity index (χ1n) is 7.12. The van der Waals surface area contributed by atoms with E-state index in [9.17, 15) is 4.79 Å². The Balaban J connectivity index is 1.99. The van der Waals surface area contributed by atoms with E-state index in [1.165, 1.54) is 0 Å². The smallest absolute Gasteiger partial charge is 0.238 e. The second kappa shape index (κ2) is 8.02. The topological polar surface area (TPSA) is 41.1 Å². The highest BCUT2D eigenvalue weighted by molar-refractivity contribution is 6.40. The minimum Gasteiger partial charge on any atom is -0.322 e. The van der Waals surface area contributed by atoms with Gasteiger partial charge in [0.2, 0.25) is 5.91 Å². The third-order valence-electron chi connectivity index (χ3n) is 3.49. The lowest BCUT2D eigenvalue weighted by molar-refractivity contribution is -0.115. The predicted octanol–water partition coefficient (Wildman–Crippen LogP) is 5.24. The number of carbonyl (C=O) groups excluding carboxylic acids is 1. The van der Waals surface area contributed by atoms with Crippen molar-refractivity contribution in [2.75, 3.05) is 11.9 Å². The number of amides is 1. The molecule has 1 atom stereocenters. The van der Waals surface area contributed by atoms with Crippen LogP contribution < -0.4 is 10.6 Å². The molecule has 0 aliphatic rings. The minimum absolute atomic E-state index is 0.0575. The maximum atomic E-state index is 12.1. The van der Waals surface area contributed by atoms with E-state index in [1.54, 1.807) is 12.1 Å². The van der Waals surface area contributed by atoms with E-state index in [0.29, 0.717) is 20.8 Å². The van der Waals surface area contributed by atoms with Crippen molar-refractivity contribution in [1.82, 2.24) is 5.32 Å². The maximum Gasteiger partial charge on any atom is 0.238 e. The van der Waals surface area contributed by atoms with Gasteiger partial charge in [0.05, 0.1) is 22.3 Å². The van der Waals surface area contributed by atoms with Gasteiger partial charge in [0.1, 0.15) is 0 Å². The normalized spacial score (nSPS) is 12.0. The van der Waals surface area contributed by atoms with E-state index >= 15 is 0 Å². The van der Waals surface area contributed by atoms with Crippen LogP contribution in [0.25, 0.3) is 0 Å². The molecule has 6 heteroatoms. The highest BCUT2D eigenvalue weighted by Gasteiger charge is 2.14. The number of nitrogens with one attached hydrogen (secondary N) is 2. The molecule has 1 amide bonds. The van der Waals surface area contributed by atoms with Crippen LogP contribution in [0.5, 0.6) is 0 Å². The van der Waals surface area contributed by atoms with Crippen LogP contribution in [0.2, 0.25) is 15.1 Å². The molecule has 2 N–H and O–H groups in total. The number of rotatable bonds is 5. The molecule has 2 rings (SSSR count). The highest BCUT2D eigenvalue weighted by atomic mass is 35.5. The summed E-state index contributed by atoms with van der Waals surface area (Å²) in [5, 5.41) is 7.40. The Morgan fingerprint density at radius 3 is 2.48 bits per heavy atom. The molecule has 0 saturated heterocycles. The number of halogens is 3. The lowest BCUT2D eigenvalue weighted by atomic mass is 10.1. The summed E-state index contributed by atoms with van der Waals surface area (Å²) >= 11 is 18.4. The molecule has 0 aliphatic heterocycles. The van der Waals surface area contributed by atoms with E-state index in [2.05, 4.69) is 10.6 Å². The van der Waals surface area contributed by atoms with Gasteiger partial charge in [-0.25, -0.2) is 0 Å². The van der Waals surface area contributed by atoms with E-state index in [-0.39, 0.29) is 18.5 Å². The van der Waals surface area contributed by atoms with Gasteiger partial charge in [-0.1, -0.05) is 59.1 Å². The zero-order valence-electron chi connectivity index (χ0n) is 12.8. The van der Waals surface area contributed by atoms with Gasteiger partial charge in [-0.3, -0.25) is 4.79 Å². The van der Waals surface area contributed by atoms with Gasteiger partial charge in [0.15, 0.2) is 0 Å². The summed E-state index contributed by atoms with van der Waals surface area (Å²) in [6.45, 7) is 3.92. The van der Waals surface area contributed by atoms with Gasteiger partial charge in [0, 0.05) is 11.1 Å². The van der Waals surface area contributed by atoms with Crippen molar-refractivity contribution in [1.29, 1.82) is 0 Å². The van der Waals surface area contributed by atoms with Gasteiger partial charge < -0.3 is 10.6 Å². The van der Waals surface area contributed by atoms with Crippen molar-refractivity contribution in [3.8, 4) is 0 Å². The van der Waals surface area contributed by atoms with Crippen molar-refractivity contribution in [2.45, 2.75) is 19.9 Å². The minimum atomic E-state index is -0.224. The fourth-order valence-corrected chi connectivity index (χ4v) is 2.90. The van der Waals surface area contributed by atoms with E-state index in [1.807, 2.05) is 38.1 Å². The van der Waals surface area contributed by atoms with Crippen molar-refractivity contribution >= 4 is 46.4 Å². The summed E-state index contributed by atoms with van der Waals surface area (Å²) in [6, 6.07) is 11.0. The molecule has 3 nitrogen and oxygen atoms in total. The molecular weight excluding hydrogens is 355 g/mol. The van der Waals surface area contributed by atoms with Crippen molar-refractivity contribution in [3.63, 3.8) is 0 Å². The average molecular weight is 372 g/mol. The number of benzene rings is 2. The molecule has 122 valence electrons. The van der Waals surface area contributed by atoms with Crippen LogP contribution in [-0.4, -0.2) is 12.5 Å². The Hall–Kier alpha value is -1.26. The Bertz CT molecular complexity index is 719. The van der Waals surface area contributed by atoms with Crippen LogP contribution in [0, 0.1) is 6.92 Å². The molecule has 0 radical (unpaired) electrons. The number of hydrogen-bond acceptors (Lipinski definition) is 2. The summed E-state index contributed by atoms with van der Waals surface area (Å²) in [4.78, 5) is 12.1. The summed E-state index contributed by atoms with van der Waals surface area (Å²) in [5.74, 6) is -0.224. The van der Waals surface area contributed by atoms with Crippen LogP contribution in [0.15, 0.2) is 36.4 Å². The Kier molecular flexibility index (Phi) is 6.31. The second-order valence-electron chi connectivity index (χ2n) is 5.23. The first kappa shape index (κ1) is 18.1. The lowest BCUT2D eigenvalue weighted by Crippen LogP contribution is -2.30. The number of aryl methyl sites for hydroxylation is 1. The van der Waals surface area contributed by atoms with Crippen LogP contribution in [0.4, 0.5) is 5.69 Å². The van der Waals surface area contributed by atoms with Crippen LogP contribution in [0.3, 0.4) is 0 Å². The van der Waals surface area contributed by atoms with E-state index < -0.39 is 0 Å². The number of carbonyl (C=O) groups is 1. The summed E-state index contributed by atoms with van der Waals surface area (Å²) in [5.41, 5.74) is 2.22. The largest absolute Gasteiger partial charge is 0.322 e. The Morgan fingerprint density at radius 2 is 1.78 bits per heavy atom. The Labute approximate surface area is 150 Å². The van der Waals surface area contributed by atoms with Gasteiger partial charge in [-0.2, -0.15) is 0 Å². The van der Waals surface area contributed by atoms with E-state index in [0.717, 1.165) is 11.1 Å². The molecule has 23 heavy (non-hydrogen) atoms. The third-order valence-corrected chi connectivity index (χ3v) is 4.64. The van der Waals surface area contributed by atoms with Crippen LogP contribution in [-0.2, 0) is 4.79 Å².